The Hall–Kier alpha value is -2.69. The second-order valence-corrected chi connectivity index (χ2v) is 4.26. The number of rotatable bonds is 2. The lowest BCUT2D eigenvalue weighted by atomic mass is 10.1. The van der Waals surface area contributed by atoms with E-state index in [2.05, 4.69) is 0 Å². The molecule has 0 bridgehead atoms. The monoisotopic (exact) mass is 272 g/mol. The van der Waals surface area contributed by atoms with E-state index in [9.17, 15) is 9.90 Å². The summed E-state index contributed by atoms with van der Waals surface area (Å²) >= 11 is 0. The van der Waals surface area contributed by atoms with Crippen molar-refractivity contribution in [3.8, 4) is 17.2 Å². The quantitative estimate of drug-likeness (QED) is 0.726. The van der Waals surface area contributed by atoms with Crippen LogP contribution in [0.15, 0.2) is 39.5 Å². The summed E-state index contributed by atoms with van der Waals surface area (Å²) in [5.41, 5.74) is 0.228. The Kier molecular flexibility index (Phi) is 2.75. The molecule has 0 saturated carbocycles. The van der Waals surface area contributed by atoms with Crippen molar-refractivity contribution in [2.45, 2.75) is 0 Å². The number of benzene rings is 2. The van der Waals surface area contributed by atoms with Gasteiger partial charge in [-0.1, -0.05) is 6.07 Å². The van der Waals surface area contributed by atoms with Gasteiger partial charge in [-0.3, -0.25) is 4.79 Å². The number of phenols is 1. The van der Waals surface area contributed by atoms with Crippen LogP contribution in [0.3, 0.4) is 0 Å². The molecule has 3 aromatic rings. The van der Waals surface area contributed by atoms with Gasteiger partial charge in [0.25, 0.3) is 0 Å². The van der Waals surface area contributed by atoms with Crippen molar-refractivity contribution in [2.75, 3.05) is 14.2 Å². The van der Waals surface area contributed by atoms with Crippen molar-refractivity contribution < 1.29 is 19.0 Å². The van der Waals surface area contributed by atoms with E-state index in [4.69, 9.17) is 13.9 Å². The number of ether oxygens (including phenoxy) is 2. The van der Waals surface area contributed by atoms with Crippen LogP contribution in [-0.2, 0) is 0 Å². The zero-order chi connectivity index (χ0) is 14.3. The van der Waals surface area contributed by atoms with Gasteiger partial charge in [0.05, 0.1) is 19.6 Å². The normalized spacial score (nSPS) is 10.9. The lowest BCUT2D eigenvalue weighted by Crippen LogP contribution is -2.05. The first-order valence-electron chi connectivity index (χ1n) is 5.97. The second-order valence-electron chi connectivity index (χ2n) is 4.26. The number of hydrogen-bond donors (Lipinski definition) is 1. The topological polar surface area (TPSA) is 68.9 Å². The van der Waals surface area contributed by atoms with Crippen LogP contribution in [0.25, 0.3) is 21.9 Å². The number of aromatic hydroxyl groups is 1. The van der Waals surface area contributed by atoms with Crippen LogP contribution in [0.1, 0.15) is 0 Å². The molecule has 5 nitrogen and oxygen atoms in total. The molecule has 0 radical (unpaired) electrons. The average molecular weight is 272 g/mol. The molecule has 1 aromatic heterocycles. The zero-order valence-corrected chi connectivity index (χ0v) is 11.0. The highest BCUT2D eigenvalue weighted by Gasteiger charge is 2.17. The van der Waals surface area contributed by atoms with Crippen LogP contribution in [0.5, 0.6) is 17.2 Å². The molecule has 0 saturated heterocycles. The van der Waals surface area contributed by atoms with E-state index >= 15 is 0 Å². The van der Waals surface area contributed by atoms with Gasteiger partial charge in [0.2, 0.25) is 5.43 Å². The molecule has 0 atom stereocenters. The lowest BCUT2D eigenvalue weighted by molar-refractivity contribution is 0.358. The fraction of sp³-hybridized carbons (Fsp3) is 0.133. The van der Waals surface area contributed by atoms with Gasteiger partial charge in [-0.15, -0.1) is 0 Å². The summed E-state index contributed by atoms with van der Waals surface area (Å²) in [7, 11) is 2.96. The first kappa shape index (κ1) is 12.3. The van der Waals surface area contributed by atoms with Gasteiger partial charge in [0.15, 0.2) is 22.8 Å². The van der Waals surface area contributed by atoms with E-state index in [0.29, 0.717) is 27.9 Å². The molecule has 0 spiro atoms. The molecule has 2 aromatic carbocycles. The van der Waals surface area contributed by atoms with Crippen molar-refractivity contribution in [1.29, 1.82) is 0 Å². The van der Waals surface area contributed by atoms with Gasteiger partial charge in [0, 0.05) is 0 Å². The van der Waals surface area contributed by atoms with E-state index < -0.39 is 0 Å². The smallest absolute Gasteiger partial charge is 0.204 e. The Morgan fingerprint density at radius 3 is 2.60 bits per heavy atom. The highest BCUT2D eigenvalue weighted by Crippen LogP contribution is 2.36. The van der Waals surface area contributed by atoms with Gasteiger partial charge in [-0.2, -0.15) is 0 Å². The highest BCUT2D eigenvalue weighted by molar-refractivity contribution is 5.96. The average Bonchev–Trinajstić information content (AvgIpc) is 2.47. The van der Waals surface area contributed by atoms with Crippen LogP contribution in [0.4, 0.5) is 0 Å². The summed E-state index contributed by atoms with van der Waals surface area (Å²) in [5.74, 6) is 0.701. The molecule has 1 heterocycles. The lowest BCUT2D eigenvalue weighted by Gasteiger charge is -2.10. The number of fused-ring (bicyclic) bond motifs is 2. The molecule has 102 valence electrons. The van der Waals surface area contributed by atoms with Crippen molar-refractivity contribution in [3.63, 3.8) is 0 Å². The van der Waals surface area contributed by atoms with E-state index in [1.54, 1.807) is 24.3 Å². The predicted molar refractivity (Wildman–Crippen MR) is 74.8 cm³/mol. The van der Waals surface area contributed by atoms with E-state index in [1.165, 1.54) is 20.3 Å². The Morgan fingerprint density at radius 2 is 1.90 bits per heavy atom. The van der Waals surface area contributed by atoms with Crippen LogP contribution in [0.2, 0.25) is 0 Å². The van der Waals surface area contributed by atoms with Crippen molar-refractivity contribution >= 4 is 21.9 Å². The van der Waals surface area contributed by atoms with Gasteiger partial charge < -0.3 is 19.0 Å². The largest absolute Gasteiger partial charge is 0.504 e. The van der Waals surface area contributed by atoms with Crippen molar-refractivity contribution in [1.82, 2.24) is 0 Å². The molecular formula is C15H12O5. The van der Waals surface area contributed by atoms with Gasteiger partial charge in [-0.25, -0.2) is 0 Å². The molecule has 0 unspecified atom stereocenters. The standard InChI is InChI=1S/C15H12O5/c1-18-11-7-6-10-12(15(11)19-2)13(17)8-4-3-5-9(16)14(8)20-10/h3-7,16H,1-2H3. The molecule has 20 heavy (non-hydrogen) atoms. The van der Waals surface area contributed by atoms with E-state index in [-0.39, 0.29) is 16.8 Å². The minimum Gasteiger partial charge on any atom is -0.504 e. The third kappa shape index (κ3) is 1.60. The maximum Gasteiger partial charge on any atom is 0.204 e. The summed E-state index contributed by atoms with van der Waals surface area (Å²) in [6.07, 6.45) is 0. The third-order valence-corrected chi connectivity index (χ3v) is 3.19. The maximum atomic E-state index is 12.6. The van der Waals surface area contributed by atoms with Crippen LogP contribution < -0.4 is 14.9 Å². The molecule has 0 aliphatic rings. The summed E-state index contributed by atoms with van der Waals surface area (Å²) in [6, 6.07) is 7.92. The fourth-order valence-corrected chi connectivity index (χ4v) is 2.26. The SMILES string of the molecule is COc1ccc2oc3c(O)cccc3c(=O)c2c1OC. The molecule has 5 heteroatoms. The number of hydrogen-bond acceptors (Lipinski definition) is 5. The van der Waals surface area contributed by atoms with Crippen LogP contribution in [0, 0.1) is 0 Å². The Morgan fingerprint density at radius 1 is 1.10 bits per heavy atom. The first-order valence-corrected chi connectivity index (χ1v) is 5.97. The molecular weight excluding hydrogens is 260 g/mol. The highest BCUT2D eigenvalue weighted by atomic mass is 16.5. The number of phenolic OH excluding ortho intramolecular Hbond substituents is 1. The number of methoxy groups -OCH3 is 2. The van der Waals surface area contributed by atoms with Crippen molar-refractivity contribution in [3.05, 3.63) is 40.6 Å². The Labute approximate surface area is 114 Å². The second kappa shape index (κ2) is 4.45. The molecule has 1 N–H and O–H groups in total. The Balaban J connectivity index is 2.57. The molecule has 0 aliphatic carbocycles. The molecule has 0 amide bonds. The first-order chi connectivity index (χ1) is 9.67. The summed E-state index contributed by atoms with van der Waals surface area (Å²) < 4.78 is 16.1. The zero-order valence-electron chi connectivity index (χ0n) is 11.0. The van der Waals surface area contributed by atoms with Crippen molar-refractivity contribution in [2.24, 2.45) is 0 Å². The number of para-hydroxylation sites is 1. The molecule has 0 fully saturated rings. The summed E-state index contributed by atoms with van der Waals surface area (Å²) in [6.45, 7) is 0. The molecule has 0 aliphatic heterocycles. The van der Waals surface area contributed by atoms with Crippen LogP contribution >= 0.6 is 0 Å². The maximum absolute atomic E-state index is 12.6. The van der Waals surface area contributed by atoms with Gasteiger partial charge in [-0.05, 0) is 24.3 Å². The predicted octanol–water partition coefficient (Wildman–Crippen LogP) is 2.67. The fourth-order valence-electron chi connectivity index (χ4n) is 2.26. The van der Waals surface area contributed by atoms with Gasteiger partial charge in [0.1, 0.15) is 11.0 Å². The van der Waals surface area contributed by atoms with Crippen LogP contribution in [-0.4, -0.2) is 19.3 Å². The van der Waals surface area contributed by atoms with Gasteiger partial charge >= 0.3 is 0 Å². The minimum absolute atomic E-state index is 0.0729. The molecule has 3 rings (SSSR count). The third-order valence-electron chi connectivity index (χ3n) is 3.19. The summed E-state index contributed by atoms with van der Waals surface area (Å²) in [5, 5.41) is 10.4. The Bertz CT molecular complexity index is 863. The van der Waals surface area contributed by atoms with E-state index in [0.717, 1.165) is 0 Å². The summed E-state index contributed by atoms with van der Waals surface area (Å²) in [4.78, 5) is 12.6. The van der Waals surface area contributed by atoms with E-state index in [1.807, 2.05) is 0 Å². The minimum atomic E-state index is -0.270.